The van der Waals surface area contributed by atoms with Gasteiger partial charge in [0.25, 0.3) is 11.5 Å². The van der Waals surface area contributed by atoms with Crippen molar-refractivity contribution in [1.82, 2.24) is 14.0 Å². The van der Waals surface area contributed by atoms with Gasteiger partial charge in [-0.3, -0.25) is 19.4 Å². The third-order valence-electron chi connectivity index (χ3n) is 7.49. The number of nitrogens with one attached hydrogen (secondary N) is 2. The summed E-state index contributed by atoms with van der Waals surface area (Å²) < 4.78 is 8.50. The molecule has 0 radical (unpaired) electrons. The standard InChI is InChI=1S/C30H35N5O4S/c1-4-6-7-10-15-34-24(31)20(17-21-26(34)32-25-18(3)12-11-16-35(25)29(21)37)27(36)33-28-23(30(38)39-5-2)19-13-8-9-14-22(19)40-28/h11-12,16-17,31H,4-10,13-15H2,1-3H3,(H,33,36). The van der Waals surface area contributed by atoms with Gasteiger partial charge in [0.05, 0.1) is 23.1 Å². The van der Waals surface area contributed by atoms with Crippen LogP contribution in [-0.4, -0.2) is 32.4 Å². The number of fused-ring (bicyclic) bond motifs is 3. The summed E-state index contributed by atoms with van der Waals surface area (Å²) in [6.07, 6.45) is 9.19. The van der Waals surface area contributed by atoms with Crippen LogP contribution in [-0.2, 0) is 24.1 Å². The monoisotopic (exact) mass is 561 g/mol. The van der Waals surface area contributed by atoms with Crippen molar-refractivity contribution in [2.24, 2.45) is 0 Å². The summed E-state index contributed by atoms with van der Waals surface area (Å²) in [4.78, 5) is 46.2. The van der Waals surface area contributed by atoms with Crippen LogP contribution in [0.4, 0.5) is 5.00 Å². The first-order valence-electron chi connectivity index (χ1n) is 14.1. The summed E-state index contributed by atoms with van der Waals surface area (Å²) in [5, 5.41) is 12.7. The first-order chi connectivity index (χ1) is 19.3. The van der Waals surface area contributed by atoms with E-state index in [1.165, 1.54) is 21.8 Å². The Labute approximate surface area is 236 Å². The molecule has 0 unspecified atom stereocenters. The number of ether oxygens (including phenoxy) is 1. The number of aromatic nitrogens is 3. The van der Waals surface area contributed by atoms with E-state index >= 15 is 0 Å². The summed E-state index contributed by atoms with van der Waals surface area (Å²) in [5.41, 5.74) is 2.90. The fourth-order valence-corrected chi connectivity index (χ4v) is 6.70. The van der Waals surface area contributed by atoms with E-state index < -0.39 is 11.9 Å². The minimum absolute atomic E-state index is 0.00895. The van der Waals surface area contributed by atoms with E-state index in [1.807, 2.05) is 13.0 Å². The van der Waals surface area contributed by atoms with Crippen molar-refractivity contribution in [2.45, 2.75) is 78.7 Å². The third kappa shape index (κ3) is 5.08. The fourth-order valence-electron chi connectivity index (χ4n) is 5.43. The van der Waals surface area contributed by atoms with Crippen molar-refractivity contribution in [2.75, 3.05) is 11.9 Å². The molecule has 10 heteroatoms. The summed E-state index contributed by atoms with van der Waals surface area (Å²) in [6.45, 7) is 6.48. The highest BCUT2D eigenvalue weighted by Crippen LogP contribution is 2.38. The van der Waals surface area contributed by atoms with Gasteiger partial charge < -0.3 is 14.6 Å². The summed E-state index contributed by atoms with van der Waals surface area (Å²) in [7, 11) is 0. The molecular formula is C30H35N5O4S. The van der Waals surface area contributed by atoms with E-state index in [4.69, 9.17) is 15.1 Å². The Morgan fingerprint density at radius 3 is 2.73 bits per heavy atom. The van der Waals surface area contributed by atoms with E-state index in [-0.39, 0.29) is 28.6 Å². The molecule has 5 rings (SSSR count). The minimum atomic E-state index is -0.535. The average molecular weight is 562 g/mol. The quantitative estimate of drug-likeness (QED) is 0.161. The molecule has 210 valence electrons. The summed E-state index contributed by atoms with van der Waals surface area (Å²) >= 11 is 1.40. The molecule has 1 aliphatic carbocycles. The lowest BCUT2D eigenvalue weighted by molar-refractivity contribution is 0.0526. The molecule has 4 heterocycles. The Kier molecular flexibility index (Phi) is 8.16. The Bertz CT molecular complexity index is 1730. The van der Waals surface area contributed by atoms with E-state index in [0.29, 0.717) is 28.4 Å². The molecule has 0 spiro atoms. The summed E-state index contributed by atoms with van der Waals surface area (Å²) in [6, 6.07) is 5.15. The number of anilines is 1. The maximum absolute atomic E-state index is 13.8. The van der Waals surface area contributed by atoms with Crippen molar-refractivity contribution >= 4 is 44.9 Å². The first-order valence-corrected chi connectivity index (χ1v) is 14.9. The van der Waals surface area contributed by atoms with Gasteiger partial charge >= 0.3 is 5.97 Å². The van der Waals surface area contributed by atoms with E-state index in [1.54, 1.807) is 23.8 Å². The number of unbranched alkanes of at least 4 members (excludes halogenated alkanes) is 3. The predicted octanol–water partition coefficient (Wildman–Crippen LogP) is 5.39. The number of amides is 1. The number of esters is 1. The van der Waals surface area contributed by atoms with Crippen molar-refractivity contribution in [3.8, 4) is 0 Å². The smallest absolute Gasteiger partial charge is 0.341 e. The molecule has 1 aliphatic rings. The number of thiophene rings is 1. The van der Waals surface area contributed by atoms with E-state index in [0.717, 1.165) is 67.4 Å². The molecule has 1 amide bonds. The number of rotatable bonds is 9. The van der Waals surface area contributed by atoms with Crippen LogP contribution >= 0.6 is 11.3 Å². The van der Waals surface area contributed by atoms with Crippen LogP contribution in [0.1, 0.15) is 89.1 Å². The minimum Gasteiger partial charge on any atom is -0.462 e. The molecule has 0 aromatic carbocycles. The first kappa shape index (κ1) is 27.8. The van der Waals surface area contributed by atoms with Gasteiger partial charge in [0, 0.05) is 17.6 Å². The zero-order chi connectivity index (χ0) is 28.4. The molecule has 4 aromatic rings. The SMILES string of the molecule is CCCCCCn1c(=N)c(C(=O)Nc2sc3c(c2C(=O)OCC)CCCC3)cc2c(=O)n3cccc(C)c3nc21. The molecule has 0 saturated heterocycles. The molecule has 4 aromatic heterocycles. The van der Waals surface area contributed by atoms with Crippen molar-refractivity contribution < 1.29 is 14.3 Å². The topological polar surface area (TPSA) is 119 Å². The molecular weight excluding hydrogens is 526 g/mol. The van der Waals surface area contributed by atoms with E-state index in [2.05, 4.69) is 12.2 Å². The van der Waals surface area contributed by atoms with Crippen molar-refractivity contribution in [3.05, 3.63) is 67.4 Å². The highest BCUT2D eigenvalue weighted by molar-refractivity contribution is 7.17. The molecule has 0 bridgehead atoms. The second kappa shape index (κ2) is 11.8. The van der Waals surface area contributed by atoms with Crippen LogP contribution in [0.25, 0.3) is 16.7 Å². The highest BCUT2D eigenvalue weighted by atomic mass is 32.1. The van der Waals surface area contributed by atoms with Crippen LogP contribution in [0.2, 0.25) is 0 Å². The maximum atomic E-state index is 13.8. The molecule has 0 aliphatic heterocycles. The number of aryl methyl sites for hydroxylation is 3. The van der Waals surface area contributed by atoms with Crippen LogP contribution in [0.5, 0.6) is 0 Å². The molecule has 9 nitrogen and oxygen atoms in total. The Morgan fingerprint density at radius 2 is 1.95 bits per heavy atom. The normalized spacial score (nSPS) is 13.0. The maximum Gasteiger partial charge on any atom is 0.341 e. The fraction of sp³-hybridized carbons (Fsp3) is 0.433. The molecule has 0 fully saturated rings. The lowest BCUT2D eigenvalue weighted by Gasteiger charge is -2.15. The lowest BCUT2D eigenvalue weighted by Crippen LogP contribution is -2.32. The number of nitrogens with zero attached hydrogens (tertiary/aromatic N) is 3. The predicted molar refractivity (Wildman–Crippen MR) is 157 cm³/mol. The Balaban J connectivity index is 1.63. The molecule has 0 atom stereocenters. The van der Waals surface area contributed by atoms with Crippen molar-refractivity contribution in [1.29, 1.82) is 5.41 Å². The summed E-state index contributed by atoms with van der Waals surface area (Å²) in [5.74, 6) is -0.982. The van der Waals surface area contributed by atoms with E-state index in [9.17, 15) is 14.4 Å². The number of hydrogen-bond acceptors (Lipinski definition) is 7. The van der Waals surface area contributed by atoms with Gasteiger partial charge in [-0.05, 0) is 69.2 Å². The zero-order valence-electron chi connectivity index (χ0n) is 23.3. The Morgan fingerprint density at radius 1 is 1.15 bits per heavy atom. The van der Waals surface area contributed by atoms with Gasteiger partial charge in [-0.15, -0.1) is 11.3 Å². The number of carbonyl (C=O) groups is 2. The third-order valence-corrected chi connectivity index (χ3v) is 8.70. The number of carbonyl (C=O) groups excluding carboxylic acids is 2. The largest absolute Gasteiger partial charge is 0.462 e. The van der Waals surface area contributed by atoms with Gasteiger partial charge in [-0.25, -0.2) is 9.78 Å². The second-order valence-corrected chi connectivity index (χ2v) is 11.4. The highest BCUT2D eigenvalue weighted by Gasteiger charge is 2.28. The molecule has 0 saturated carbocycles. The number of pyridine rings is 2. The van der Waals surface area contributed by atoms with Gasteiger partial charge in [0.1, 0.15) is 21.8 Å². The van der Waals surface area contributed by atoms with Gasteiger partial charge in [0.15, 0.2) is 0 Å². The van der Waals surface area contributed by atoms with Crippen LogP contribution in [0.15, 0.2) is 29.2 Å². The van der Waals surface area contributed by atoms with Gasteiger partial charge in [-0.1, -0.05) is 32.3 Å². The van der Waals surface area contributed by atoms with Crippen LogP contribution < -0.4 is 16.4 Å². The Hall–Kier alpha value is -3.79. The van der Waals surface area contributed by atoms with Gasteiger partial charge in [-0.2, -0.15) is 0 Å². The van der Waals surface area contributed by atoms with Gasteiger partial charge in [0.2, 0.25) is 0 Å². The molecule has 40 heavy (non-hydrogen) atoms. The lowest BCUT2D eigenvalue weighted by atomic mass is 9.95. The van der Waals surface area contributed by atoms with Crippen LogP contribution in [0.3, 0.4) is 0 Å². The number of hydrogen-bond donors (Lipinski definition) is 2. The second-order valence-electron chi connectivity index (χ2n) is 10.2. The average Bonchev–Trinajstić information content (AvgIpc) is 3.30. The van der Waals surface area contributed by atoms with Crippen molar-refractivity contribution in [3.63, 3.8) is 0 Å². The van der Waals surface area contributed by atoms with Crippen LogP contribution in [0, 0.1) is 12.3 Å². The zero-order valence-corrected chi connectivity index (χ0v) is 24.1. The molecule has 2 N–H and O–H groups in total.